The van der Waals surface area contributed by atoms with Gasteiger partial charge >= 0.3 is 5.97 Å². The van der Waals surface area contributed by atoms with Gasteiger partial charge in [0, 0.05) is 18.0 Å². The van der Waals surface area contributed by atoms with Crippen molar-refractivity contribution in [3.05, 3.63) is 30.3 Å². The van der Waals surface area contributed by atoms with Crippen LogP contribution >= 0.6 is 11.8 Å². The molecule has 1 aliphatic rings. The van der Waals surface area contributed by atoms with Gasteiger partial charge in [-0.3, -0.25) is 9.59 Å². The summed E-state index contributed by atoms with van der Waals surface area (Å²) >= 11 is 1.53. The Balaban J connectivity index is 1.83. The molecule has 1 aliphatic heterocycles. The minimum atomic E-state index is -0.175. The van der Waals surface area contributed by atoms with Crippen LogP contribution in [0.2, 0.25) is 0 Å². The standard InChI is InChI=1S/C16H21NO3S/c1-2-20-16(19)13-7-6-10-17(11-13)15(18)12-21-14-8-4-3-5-9-14/h3-5,8-9,13H,2,6-7,10-12H2,1H3/t13-/m1/s1. The van der Waals surface area contributed by atoms with Crippen LogP contribution in [-0.2, 0) is 14.3 Å². The lowest BCUT2D eigenvalue weighted by Gasteiger charge is -2.31. The van der Waals surface area contributed by atoms with Crippen molar-refractivity contribution in [2.24, 2.45) is 5.92 Å². The Morgan fingerprint density at radius 3 is 2.81 bits per heavy atom. The van der Waals surface area contributed by atoms with E-state index >= 15 is 0 Å². The van der Waals surface area contributed by atoms with Crippen LogP contribution in [0, 0.1) is 5.92 Å². The maximum absolute atomic E-state index is 12.3. The van der Waals surface area contributed by atoms with E-state index in [1.54, 1.807) is 11.8 Å². The fraction of sp³-hybridized carbons (Fsp3) is 0.500. The number of rotatable bonds is 5. The summed E-state index contributed by atoms with van der Waals surface area (Å²) in [6.45, 7) is 3.43. The van der Waals surface area contributed by atoms with E-state index in [9.17, 15) is 9.59 Å². The second-order valence-electron chi connectivity index (χ2n) is 5.03. The summed E-state index contributed by atoms with van der Waals surface area (Å²) in [6.07, 6.45) is 1.68. The lowest BCUT2D eigenvalue weighted by atomic mass is 9.98. The topological polar surface area (TPSA) is 46.6 Å². The first-order valence-corrected chi connectivity index (χ1v) is 8.31. The molecular formula is C16H21NO3S. The van der Waals surface area contributed by atoms with Crippen molar-refractivity contribution >= 4 is 23.6 Å². The van der Waals surface area contributed by atoms with Crippen LogP contribution in [0.5, 0.6) is 0 Å². The van der Waals surface area contributed by atoms with Crippen LogP contribution in [0.4, 0.5) is 0 Å². The van der Waals surface area contributed by atoms with Crippen molar-refractivity contribution in [1.82, 2.24) is 4.90 Å². The summed E-state index contributed by atoms with van der Waals surface area (Å²) in [4.78, 5) is 26.9. The number of carbonyl (C=O) groups excluding carboxylic acids is 2. The van der Waals surface area contributed by atoms with Gasteiger partial charge in [-0.1, -0.05) is 18.2 Å². The largest absolute Gasteiger partial charge is 0.466 e. The Hall–Kier alpha value is -1.49. The third kappa shape index (κ3) is 4.77. The molecule has 1 atom stereocenters. The SMILES string of the molecule is CCOC(=O)[C@@H]1CCCN(C(=O)CSc2ccccc2)C1. The molecule has 0 aliphatic carbocycles. The monoisotopic (exact) mass is 307 g/mol. The number of esters is 1. The fourth-order valence-corrected chi connectivity index (χ4v) is 3.23. The highest BCUT2D eigenvalue weighted by Gasteiger charge is 2.29. The number of amides is 1. The van der Waals surface area contributed by atoms with E-state index in [0.29, 0.717) is 18.9 Å². The van der Waals surface area contributed by atoms with E-state index in [4.69, 9.17) is 4.74 Å². The quantitative estimate of drug-likeness (QED) is 0.619. The lowest BCUT2D eigenvalue weighted by Crippen LogP contribution is -2.43. The molecule has 114 valence electrons. The third-order valence-electron chi connectivity index (χ3n) is 3.50. The normalized spacial score (nSPS) is 18.3. The summed E-state index contributed by atoms with van der Waals surface area (Å²) in [5.74, 6) is 0.174. The summed E-state index contributed by atoms with van der Waals surface area (Å²) in [5.41, 5.74) is 0. The molecule has 1 aromatic carbocycles. The zero-order chi connectivity index (χ0) is 15.1. The van der Waals surface area contributed by atoms with Crippen LogP contribution in [-0.4, -0.2) is 42.2 Å². The molecule has 0 aromatic heterocycles. The number of hydrogen-bond donors (Lipinski definition) is 0. The number of benzene rings is 1. The van der Waals surface area contributed by atoms with Crippen molar-refractivity contribution < 1.29 is 14.3 Å². The Morgan fingerprint density at radius 1 is 1.33 bits per heavy atom. The minimum absolute atomic E-state index is 0.0952. The van der Waals surface area contributed by atoms with E-state index in [-0.39, 0.29) is 17.8 Å². The molecule has 0 unspecified atom stereocenters. The van der Waals surface area contributed by atoms with Gasteiger partial charge in [-0.15, -0.1) is 11.8 Å². The molecule has 0 bridgehead atoms. The molecule has 2 rings (SSSR count). The average molecular weight is 307 g/mol. The molecule has 4 nitrogen and oxygen atoms in total. The first kappa shape index (κ1) is 15.9. The number of thioether (sulfide) groups is 1. The molecule has 0 saturated carbocycles. The number of likely N-dealkylation sites (tertiary alicyclic amines) is 1. The van der Waals surface area contributed by atoms with E-state index in [1.165, 1.54) is 11.8 Å². The Kier molecular flexibility index (Phi) is 6.11. The fourth-order valence-electron chi connectivity index (χ4n) is 2.41. The maximum atomic E-state index is 12.3. The first-order valence-electron chi connectivity index (χ1n) is 7.33. The van der Waals surface area contributed by atoms with Gasteiger partial charge in [0.25, 0.3) is 0 Å². The molecule has 1 heterocycles. The van der Waals surface area contributed by atoms with Crippen molar-refractivity contribution in [2.75, 3.05) is 25.4 Å². The highest BCUT2D eigenvalue weighted by Crippen LogP contribution is 2.21. The van der Waals surface area contributed by atoms with Crippen LogP contribution < -0.4 is 0 Å². The van der Waals surface area contributed by atoms with E-state index in [2.05, 4.69) is 0 Å². The molecule has 1 amide bonds. The number of ether oxygens (including phenoxy) is 1. The molecule has 5 heteroatoms. The van der Waals surface area contributed by atoms with Gasteiger partial charge in [0.15, 0.2) is 0 Å². The van der Waals surface area contributed by atoms with Crippen LogP contribution in [0.25, 0.3) is 0 Å². The van der Waals surface area contributed by atoms with Gasteiger partial charge in [-0.2, -0.15) is 0 Å². The summed E-state index contributed by atoms with van der Waals surface area (Å²) in [7, 11) is 0. The van der Waals surface area contributed by atoms with E-state index in [1.807, 2.05) is 30.3 Å². The number of piperidine rings is 1. The average Bonchev–Trinajstić information content (AvgIpc) is 2.54. The summed E-state index contributed by atoms with van der Waals surface area (Å²) in [5, 5.41) is 0. The third-order valence-corrected chi connectivity index (χ3v) is 4.50. The highest BCUT2D eigenvalue weighted by atomic mass is 32.2. The maximum Gasteiger partial charge on any atom is 0.310 e. The van der Waals surface area contributed by atoms with Crippen molar-refractivity contribution in [1.29, 1.82) is 0 Å². The van der Waals surface area contributed by atoms with E-state index in [0.717, 1.165) is 24.3 Å². The Morgan fingerprint density at radius 2 is 2.10 bits per heavy atom. The van der Waals surface area contributed by atoms with Gasteiger partial charge in [-0.05, 0) is 31.9 Å². The van der Waals surface area contributed by atoms with Gasteiger partial charge in [0.2, 0.25) is 5.91 Å². The van der Waals surface area contributed by atoms with E-state index < -0.39 is 0 Å². The van der Waals surface area contributed by atoms with Crippen LogP contribution in [0.15, 0.2) is 35.2 Å². The predicted molar refractivity (Wildman–Crippen MR) is 83.1 cm³/mol. The summed E-state index contributed by atoms with van der Waals surface area (Å²) < 4.78 is 5.06. The zero-order valence-corrected chi connectivity index (χ0v) is 13.1. The van der Waals surface area contributed by atoms with Crippen molar-refractivity contribution in [2.45, 2.75) is 24.7 Å². The molecule has 1 saturated heterocycles. The molecule has 21 heavy (non-hydrogen) atoms. The molecule has 0 spiro atoms. The van der Waals surface area contributed by atoms with Gasteiger partial charge in [0.05, 0.1) is 18.3 Å². The highest BCUT2D eigenvalue weighted by molar-refractivity contribution is 8.00. The van der Waals surface area contributed by atoms with Gasteiger partial charge in [0.1, 0.15) is 0 Å². The lowest BCUT2D eigenvalue weighted by molar-refractivity contribution is -0.151. The second kappa shape index (κ2) is 8.08. The molecular weight excluding hydrogens is 286 g/mol. The smallest absolute Gasteiger partial charge is 0.310 e. The van der Waals surface area contributed by atoms with Crippen molar-refractivity contribution in [3.8, 4) is 0 Å². The second-order valence-corrected chi connectivity index (χ2v) is 6.08. The van der Waals surface area contributed by atoms with Gasteiger partial charge in [-0.25, -0.2) is 0 Å². The number of carbonyl (C=O) groups is 2. The molecule has 1 fully saturated rings. The Labute approximate surface area is 129 Å². The molecule has 0 N–H and O–H groups in total. The van der Waals surface area contributed by atoms with Crippen LogP contribution in [0.3, 0.4) is 0 Å². The number of nitrogens with zero attached hydrogens (tertiary/aromatic N) is 1. The Bertz CT molecular complexity index is 478. The van der Waals surface area contributed by atoms with Crippen LogP contribution in [0.1, 0.15) is 19.8 Å². The molecule has 0 radical (unpaired) electrons. The van der Waals surface area contributed by atoms with Crippen molar-refractivity contribution in [3.63, 3.8) is 0 Å². The predicted octanol–water partition coefficient (Wildman–Crippen LogP) is 2.58. The summed E-state index contributed by atoms with van der Waals surface area (Å²) in [6, 6.07) is 9.88. The van der Waals surface area contributed by atoms with Gasteiger partial charge < -0.3 is 9.64 Å². The first-order chi connectivity index (χ1) is 10.2. The molecule has 1 aromatic rings. The number of hydrogen-bond acceptors (Lipinski definition) is 4. The zero-order valence-electron chi connectivity index (χ0n) is 12.3. The minimum Gasteiger partial charge on any atom is -0.466 e.